The molecule has 2 aromatic heterocycles. The van der Waals surface area contributed by atoms with Gasteiger partial charge >= 0.3 is 0 Å². The Morgan fingerprint density at radius 2 is 2.20 bits per heavy atom. The average molecular weight is 305 g/mol. The fourth-order valence-electron chi connectivity index (χ4n) is 2.56. The highest BCUT2D eigenvalue weighted by Gasteiger charge is 2.11. The highest BCUT2D eigenvalue weighted by Crippen LogP contribution is 2.26. The Hall–Kier alpha value is -1.29. The lowest BCUT2D eigenvalue weighted by Gasteiger charge is -2.03. The van der Waals surface area contributed by atoms with E-state index in [1.807, 2.05) is 19.1 Å². The molecule has 0 bridgehead atoms. The van der Waals surface area contributed by atoms with E-state index in [0.717, 1.165) is 18.0 Å². The predicted octanol–water partition coefficient (Wildman–Crippen LogP) is 4.29. The molecule has 1 unspecified atom stereocenters. The van der Waals surface area contributed by atoms with Gasteiger partial charge in [0.2, 0.25) is 0 Å². The number of rotatable bonds is 4. The van der Waals surface area contributed by atoms with Crippen molar-refractivity contribution < 1.29 is 0 Å². The highest BCUT2D eigenvalue weighted by atomic mass is 35.5. The molecule has 0 saturated heterocycles. The Bertz CT molecular complexity index is 713. The van der Waals surface area contributed by atoms with Crippen LogP contribution in [0.5, 0.6) is 0 Å². The van der Waals surface area contributed by atoms with Gasteiger partial charge in [0.05, 0.1) is 5.52 Å². The first-order valence-electron chi connectivity index (χ1n) is 6.67. The van der Waals surface area contributed by atoms with Gasteiger partial charge in [-0.15, -0.1) is 0 Å². The molecule has 4 heteroatoms. The van der Waals surface area contributed by atoms with Crippen molar-refractivity contribution >= 4 is 33.8 Å². The van der Waals surface area contributed by atoms with Crippen LogP contribution in [-0.4, -0.2) is 10.6 Å². The number of benzene rings is 1. The standard InChI is InChI=1S/C16H17ClN2S/c1-11(18)6-13-9-19(8-12-4-5-20-10-12)16-7-14(17)2-3-15(13)16/h2-5,7,9-11H,6,8,18H2,1H3. The maximum absolute atomic E-state index is 6.15. The van der Waals surface area contributed by atoms with Crippen LogP contribution in [0.4, 0.5) is 0 Å². The van der Waals surface area contributed by atoms with Crippen molar-refractivity contribution in [1.82, 2.24) is 4.57 Å². The summed E-state index contributed by atoms with van der Waals surface area (Å²) in [5, 5.41) is 6.31. The zero-order valence-corrected chi connectivity index (χ0v) is 12.9. The van der Waals surface area contributed by atoms with Crippen molar-refractivity contribution in [3.8, 4) is 0 Å². The molecule has 0 radical (unpaired) electrons. The van der Waals surface area contributed by atoms with Gasteiger partial charge in [-0.2, -0.15) is 11.3 Å². The number of aromatic nitrogens is 1. The molecule has 0 fully saturated rings. The van der Waals surface area contributed by atoms with Crippen LogP contribution in [-0.2, 0) is 13.0 Å². The normalized spacial score (nSPS) is 12.9. The van der Waals surface area contributed by atoms with Crippen molar-refractivity contribution in [2.45, 2.75) is 25.9 Å². The zero-order valence-electron chi connectivity index (χ0n) is 11.3. The molecule has 0 aliphatic carbocycles. The minimum absolute atomic E-state index is 0.158. The summed E-state index contributed by atoms with van der Waals surface area (Å²) in [4.78, 5) is 0. The minimum Gasteiger partial charge on any atom is -0.343 e. The first-order valence-corrected chi connectivity index (χ1v) is 7.99. The second-order valence-corrected chi connectivity index (χ2v) is 6.47. The molecule has 1 aromatic carbocycles. The lowest BCUT2D eigenvalue weighted by atomic mass is 10.1. The Kier molecular flexibility index (Phi) is 3.83. The molecular formula is C16H17ClN2S. The van der Waals surface area contributed by atoms with E-state index in [9.17, 15) is 0 Å². The summed E-state index contributed by atoms with van der Waals surface area (Å²) in [5.41, 5.74) is 9.75. The van der Waals surface area contributed by atoms with Gasteiger partial charge in [-0.3, -0.25) is 0 Å². The van der Waals surface area contributed by atoms with E-state index in [-0.39, 0.29) is 6.04 Å². The average Bonchev–Trinajstić information content (AvgIpc) is 2.99. The maximum atomic E-state index is 6.15. The van der Waals surface area contributed by atoms with E-state index >= 15 is 0 Å². The van der Waals surface area contributed by atoms with Gasteiger partial charge in [-0.1, -0.05) is 17.7 Å². The number of hydrogen-bond donors (Lipinski definition) is 1. The van der Waals surface area contributed by atoms with E-state index < -0.39 is 0 Å². The molecule has 2 N–H and O–H groups in total. The van der Waals surface area contributed by atoms with Gasteiger partial charge in [-0.25, -0.2) is 0 Å². The second kappa shape index (κ2) is 5.60. The number of halogens is 1. The number of hydrogen-bond acceptors (Lipinski definition) is 2. The van der Waals surface area contributed by atoms with Crippen LogP contribution in [0.1, 0.15) is 18.1 Å². The summed E-state index contributed by atoms with van der Waals surface area (Å²) in [6.45, 7) is 2.91. The molecule has 1 atom stereocenters. The lowest BCUT2D eigenvalue weighted by Crippen LogP contribution is -2.17. The van der Waals surface area contributed by atoms with Gasteiger partial charge in [0.1, 0.15) is 0 Å². The number of nitrogens with zero attached hydrogens (tertiary/aromatic N) is 1. The van der Waals surface area contributed by atoms with Crippen molar-refractivity contribution in [2.24, 2.45) is 5.73 Å². The van der Waals surface area contributed by atoms with E-state index in [4.69, 9.17) is 17.3 Å². The molecule has 0 saturated carbocycles. The SMILES string of the molecule is CC(N)Cc1cn(Cc2ccsc2)c2cc(Cl)ccc12. The predicted molar refractivity (Wildman–Crippen MR) is 87.7 cm³/mol. The quantitative estimate of drug-likeness (QED) is 0.765. The summed E-state index contributed by atoms with van der Waals surface area (Å²) in [6, 6.07) is 8.40. The van der Waals surface area contributed by atoms with Crippen LogP contribution in [0.3, 0.4) is 0 Å². The van der Waals surface area contributed by atoms with E-state index in [1.54, 1.807) is 11.3 Å². The van der Waals surface area contributed by atoms with Crippen LogP contribution in [0.25, 0.3) is 10.9 Å². The summed E-state index contributed by atoms with van der Waals surface area (Å²) < 4.78 is 2.26. The molecule has 0 spiro atoms. The molecule has 0 aliphatic rings. The third-order valence-corrected chi connectivity index (χ3v) is 4.37. The van der Waals surface area contributed by atoms with Gasteiger partial charge < -0.3 is 10.3 Å². The largest absolute Gasteiger partial charge is 0.343 e. The summed E-state index contributed by atoms with van der Waals surface area (Å²) in [6.07, 6.45) is 3.09. The second-order valence-electron chi connectivity index (χ2n) is 5.26. The van der Waals surface area contributed by atoms with E-state index in [2.05, 4.69) is 33.7 Å². The minimum atomic E-state index is 0.158. The van der Waals surface area contributed by atoms with Gasteiger partial charge in [0.15, 0.2) is 0 Å². The van der Waals surface area contributed by atoms with Gasteiger partial charge in [-0.05, 0) is 53.4 Å². The van der Waals surface area contributed by atoms with Crippen LogP contribution in [0.2, 0.25) is 5.02 Å². The van der Waals surface area contributed by atoms with E-state index in [1.165, 1.54) is 22.0 Å². The summed E-state index contributed by atoms with van der Waals surface area (Å²) >= 11 is 7.88. The van der Waals surface area contributed by atoms with Gasteiger partial charge in [0.25, 0.3) is 0 Å². The van der Waals surface area contributed by atoms with Crippen molar-refractivity contribution in [3.63, 3.8) is 0 Å². The lowest BCUT2D eigenvalue weighted by molar-refractivity contribution is 0.735. The van der Waals surface area contributed by atoms with Crippen LogP contribution in [0, 0.1) is 0 Å². The highest BCUT2D eigenvalue weighted by molar-refractivity contribution is 7.07. The van der Waals surface area contributed by atoms with Crippen LogP contribution < -0.4 is 5.73 Å². The monoisotopic (exact) mass is 304 g/mol. The Morgan fingerprint density at radius 3 is 2.90 bits per heavy atom. The Labute approximate surface area is 127 Å². The Balaban J connectivity index is 2.08. The molecule has 0 aliphatic heterocycles. The van der Waals surface area contributed by atoms with Crippen LogP contribution >= 0.6 is 22.9 Å². The zero-order chi connectivity index (χ0) is 14.1. The third kappa shape index (κ3) is 2.75. The molecular weight excluding hydrogens is 288 g/mol. The fourth-order valence-corrected chi connectivity index (χ4v) is 3.39. The van der Waals surface area contributed by atoms with E-state index in [0.29, 0.717) is 0 Å². The molecule has 3 aromatic rings. The van der Waals surface area contributed by atoms with Crippen molar-refractivity contribution in [1.29, 1.82) is 0 Å². The van der Waals surface area contributed by atoms with Crippen molar-refractivity contribution in [3.05, 3.63) is 57.4 Å². The first kappa shape index (κ1) is 13.7. The summed E-state index contributed by atoms with van der Waals surface area (Å²) in [7, 11) is 0. The third-order valence-electron chi connectivity index (χ3n) is 3.40. The number of nitrogens with two attached hydrogens (primary N) is 1. The fraction of sp³-hybridized carbons (Fsp3) is 0.250. The molecule has 20 heavy (non-hydrogen) atoms. The van der Waals surface area contributed by atoms with Crippen molar-refractivity contribution in [2.75, 3.05) is 0 Å². The molecule has 104 valence electrons. The Morgan fingerprint density at radius 1 is 1.35 bits per heavy atom. The molecule has 2 nitrogen and oxygen atoms in total. The molecule has 0 amide bonds. The topological polar surface area (TPSA) is 30.9 Å². The van der Waals surface area contributed by atoms with Crippen LogP contribution in [0.15, 0.2) is 41.2 Å². The maximum Gasteiger partial charge on any atom is 0.0501 e. The first-order chi connectivity index (χ1) is 9.63. The smallest absolute Gasteiger partial charge is 0.0501 e. The summed E-state index contributed by atoms with van der Waals surface area (Å²) in [5.74, 6) is 0. The molecule has 3 rings (SSSR count). The number of fused-ring (bicyclic) bond motifs is 1. The van der Waals surface area contributed by atoms with Gasteiger partial charge in [0, 0.05) is 29.2 Å². The molecule has 2 heterocycles. The number of thiophene rings is 1.